The molecule has 0 unspecified atom stereocenters. The Labute approximate surface area is 135 Å². The Kier molecular flexibility index (Phi) is 3.57. The number of carboxylic acids is 1. The number of non-ortho nitro benzene ring substituents is 1. The number of anilines is 1. The molecule has 8 heteroatoms. The number of hydrogen-bond acceptors (Lipinski definition) is 5. The van der Waals surface area contributed by atoms with Crippen LogP contribution in [0.25, 0.3) is 0 Å². The summed E-state index contributed by atoms with van der Waals surface area (Å²) >= 11 is 0. The first kappa shape index (κ1) is 15.3. The number of hydrogen-bond donors (Lipinski definition) is 1. The van der Waals surface area contributed by atoms with Crippen LogP contribution in [0.4, 0.5) is 11.4 Å². The van der Waals surface area contributed by atoms with E-state index in [1.165, 1.54) is 18.2 Å². The van der Waals surface area contributed by atoms with Crippen LogP contribution in [0.3, 0.4) is 0 Å². The Morgan fingerprint density at radius 1 is 1.17 bits per heavy atom. The lowest BCUT2D eigenvalue weighted by atomic mass is 10.1. The van der Waals surface area contributed by atoms with E-state index in [-0.39, 0.29) is 29.0 Å². The second kappa shape index (κ2) is 5.58. The number of nitro groups is 1. The zero-order chi connectivity index (χ0) is 17.4. The van der Waals surface area contributed by atoms with Crippen molar-refractivity contribution in [3.8, 4) is 0 Å². The molecule has 1 heterocycles. The largest absolute Gasteiger partial charge is 0.478 e. The molecule has 2 aromatic rings. The number of nitro benzene ring substituents is 1. The van der Waals surface area contributed by atoms with E-state index < -0.39 is 22.6 Å². The first-order valence-electron chi connectivity index (χ1n) is 6.86. The maximum Gasteiger partial charge on any atom is 0.336 e. The van der Waals surface area contributed by atoms with Crippen molar-refractivity contribution in [2.24, 2.45) is 0 Å². The fourth-order valence-corrected chi connectivity index (χ4v) is 2.60. The van der Waals surface area contributed by atoms with Crippen LogP contribution in [0.2, 0.25) is 0 Å². The Morgan fingerprint density at radius 2 is 1.88 bits per heavy atom. The lowest BCUT2D eigenvalue weighted by Gasteiger charge is -2.17. The number of benzene rings is 2. The van der Waals surface area contributed by atoms with Crippen molar-refractivity contribution in [3.05, 3.63) is 69.3 Å². The summed E-state index contributed by atoms with van der Waals surface area (Å²) < 4.78 is 0. The molecule has 24 heavy (non-hydrogen) atoms. The van der Waals surface area contributed by atoms with Crippen molar-refractivity contribution in [2.45, 2.75) is 6.54 Å². The van der Waals surface area contributed by atoms with Gasteiger partial charge >= 0.3 is 5.97 Å². The number of carbonyl (C=O) groups excluding carboxylic acids is 2. The lowest BCUT2D eigenvalue weighted by Crippen LogP contribution is -2.29. The van der Waals surface area contributed by atoms with Crippen molar-refractivity contribution in [2.75, 3.05) is 4.90 Å². The molecule has 0 aromatic heterocycles. The van der Waals surface area contributed by atoms with Gasteiger partial charge in [0.2, 0.25) is 0 Å². The van der Waals surface area contributed by atoms with Crippen LogP contribution in [0, 0.1) is 10.1 Å². The zero-order valence-electron chi connectivity index (χ0n) is 12.1. The highest BCUT2D eigenvalue weighted by molar-refractivity contribution is 6.52. The van der Waals surface area contributed by atoms with Crippen molar-refractivity contribution in [1.29, 1.82) is 0 Å². The summed E-state index contributed by atoms with van der Waals surface area (Å²) in [5.74, 6) is -2.83. The van der Waals surface area contributed by atoms with Gasteiger partial charge in [0.05, 0.1) is 28.3 Å². The highest BCUT2D eigenvalue weighted by Crippen LogP contribution is 2.33. The second-order valence-corrected chi connectivity index (χ2v) is 5.14. The molecule has 1 aliphatic heterocycles. The first-order valence-corrected chi connectivity index (χ1v) is 6.86. The topological polar surface area (TPSA) is 118 Å². The SMILES string of the molecule is O=C(O)c1ccccc1CN1C(=O)C(=O)c2cc([N+](=O)[O-])ccc21. The lowest BCUT2D eigenvalue weighted by molar-refractivity contribution is -0.384. The predicted octanol–water partition coefficient (Wildman–Crippen LogP) is 2.02. The number of Topliss-reactive ketones (excluding diaryl/α,β-unsaturated/α-hetero) is 1. The summed E-state index contributed by atoms with van der Waals surface area (Å²) in [6.45, 7) is -0.113. The number of carbonyl (C=O) groups is 3. The molecule has 0 aliphatic carbocycles. The molecule has 0 spiro atoms. The van der Waals surface area contributed by atoms with Crippen molar-refractivity contribution < 1.29 is 24.4 Å². The van der Waals surface area contributed by atoms with E-state index in [9.17, 15) is 29.6 Å². The van der Waals surface area contributed by atoms with Gasteiger partial charge < -0.3 is 10.0 Å². The molecule has 0 atom stereocenters. The molecule has 0 radical (unpaired) electrons. The summed E-state index contributed by atoms with van der Waals surface area (Å²) in [6, 6.07) is 9.70. The minimum absolute atomic E-state index is 0.0214. The molecule has 8 nitrogen and oxygen atoms in total. The van der Waals surface area contributed by atoms with E-state index in [4.69, 9.17) is 0 Å². The maximum atomic E-state index is 12.2. The molecule has 1 N–H and O–H groups in total. The van der Waals surface area contributed by atoms with Crippen LogP contribution in [-0.2, 0) is 11.3 Å². The number of rotatable bonds is 4. The normalized spacial score (nSPS) is 13.1. The van der Waals surface area contributed by atoms with Gasteiger partial charge in [-0.3, -0.25) is 19.7 Å². The summed E-state index contributed by atoms with van der Waals surface area (Å²) in [6.07, 6.45) is 0. The highest BCUT2D eigenvalue weighted by Gasteiger charge is 2.37. The van der Waals surface area contributed by atoms with Crippen LogP contribution in [0.15, 0.2) is 42.5 Å². The van der Waals surface area contributed by atoms with E-state index in [2.05, 4.69) is 0 Å². The number of nitrogens with zero attached hydrogens (tertiary/aromatic N) is 2. The molecule has 3 rings (SSSR count). The monoisotopic (exact) mass is 326 g/mol. The molecule has 0 saturated heterocycles. The Hall–Kier alpha value is -3.55. The smallest absolute Gasteiger partial charge is 0.336 e. The van der Waals surface area contributed by atoms with Crippen LogP contribution >= 0.6 is 0 Å². The van der Waals surface area contributed by atoms with E-state index in [1.54, 1.807) is 18.2 Å². The quantitative estimate of drug-likeness (QED) is 0.522. The fourth-order valence-electron chi connectivity index (χ4n) is 2.60. The summed E-state index contributed by atoms with van der Waals surface area (Å²) in [5, 5.41) is 20.0. The molecule has 0 bridgehead atoms. The molecule has 0 saturated carbocycles. The minimum atomic E-state index is -1.15. The average Bonchev–Trinajstić information content (AvgIpc) is 2.80. The zero-order valence-corrected chi connectivity index (χ0v) is 12.1. The Bertz CT molecular complexity index is 905. The van der Waals surface area contributed by atoms with Crippen LogP contribution < -0.4 is 4.90 Å². The molecular weight excluding hydrogens is 316 g/mol. The van der Waals surface area contributed by atoms with Gasteiger partial charge in [-0.15, -0.1) is 0 Å². The molecule has 1 aliphatic rings. The molecule has 1 amide bonds. The maximum absolute atomic E-state index is 12.2. The van der Waals surface area contributed by atoms with Crippen LogP contribution in [0.5, 0.6) is 0 Å². The van der Waals surface area contributed by atoms with Gasteiger partial charge in [0.25, 0.3) is 17.4 Å². The number of amides is 1. The van der Waals surface area contributed by atoms with E-state index >= 15 is 0 Å². The highest BCUT2D eigenvalue weighted by atomic mass is 16.6. The Balaban J connectivity index is 2.03. The number of aromatic carboxylic acids is 1. The van der Waals surface area contributed by atoms with Crippen molar-refractivity contribution in [1.82, 2.24) is 0 Å². The third kappa shape index (κ3) is 2.39. The number of fused-ring (bicyclic) bond motifs is 1. The fraction of sp³-hybridized carbons (Fsp3) is 0.0625. The standard InChI is InChI=1S/C16H10N2O6/c19-14-12-7-10(18(23)24)5-6-13(12)17(15(14)20)8-9-3-1-2-4-11(9)16(21)22/h1-7H,8H2,(H,21,22). The third-order valence-electron chi connectivity index (χ3n) is 3.74. The van der Waals surface area contributed by atoms with Gasteiger partial charge in [-0.05, 0) is 17.7 Å². The average molecular weight is 326 g/mol. The predicted molar refractivity (Wildman–Crippen MR) is 82.0 cm³/mol. The van der Waals surface area contributed by atoms with E-state index in [1.807, 2.05) is 0 Å². The van der Waals surface area contributed by atoms with Gasteiger partial charge in [-0.1, -0.05) is 18.2 Å². The first-order chi connectivity index (χ1) is 11.4. The van der Waals surface area contributed by atoms with E-state index in [0.29, 0.717) is 5.56 Å². The molecule has 2 aromatic carbocycles. The van der Waals surface area contributed by atoms with Crippen molar-refractivity contribution in [3.63, 3.8) is 0 Å². The number of carboxylic acid groups (broad SMARTS) is 1. The van der Waals surface area contributed by atoms with E-state index in [0.717, 1.165) is 11.0 Å². The van der Waals surface area contributed by atoms with Gasteiger partial charge in [-0.25, -0.2) is 4.79 Å². The molecule has 120 valence electrons. The number of ketones is 1. The third-order valence-corrected chi connectivity index (χ3v) is 3.74. The summed E-state index contributed by atoms with van der Waals surface area (Å²) in [4.78, 5) is 46.8. The second-order valence-electron chi connectivity index (χ2n) is 5.14. The minimum Gasteiger partial charge on any atom is -0.478 e. The van der Waals surface area contributed by atoms with Crippen LogP contribution in [0.1, 0.15) is 26.3 Å². The molecule has 0 fully saturated rings. The summed E-state index contributed by atoms with van der Waals surface area (Å²) in [5.41, 5.74) is 0.269. The van der Waals surface area contributed by atoms with Gasteiger partial charge in [0, 0.05) is 12.1 Å². The van der Waals surface area contributed by atoms with Gasteiger partial charge in [0.15, 0.2) is 0 Å². The van der Waals surface area contributed by atoms with Gasteiger partial charge in [0.1, 0.15) is 0 Å². The summed E-state index contributed by atoms with van der Waals surface area (Å²) in [7, 11) is 0. The Morgan fingerprint density at radius 3 is 2.54 bits per heavy atom. The van der Waals surface area contributed by atoms with Gasteiger partial charge in [-0.2, -0.15) is 0 Å². The van der Waals surface area contributed by atoms with Crippen molar-refractivity contribution >= 4 is 29.0 Å². The van der Waals surface area contributed by atoms with Crippen LogP contribution in [-0.4, -0.2) is 27.7 Å². The molecular formula is C16H10N2O6.